The summed E-state index contributed by atoms with van der Waals surface area (Å²) in [6.07, 6.45) is 0.835. The third-order valence-electron chi connectivity index (χ3n) is 4.14. The Hall–Kier alpha value is -3.39. The molecule has 0 heterocycles. The summed E-state index contributed by atoms with van der Waals surface area (Å²) in [5.74, 6) is -1.14. The summed E-state index contributed by atoms with van der Waals surface area (Å²) in [5, 5.41) is 12.2. The second-order valence-corrected chi connectivity index (χ2v) is 6.02. The zero-order valence-corrected chi connectivity index (χ0v) is 14.8. The van der Waals surface area contributed by atoms with Crippen molar-refractivity contribution in [1.82, 2.24) is 0 Å². The van der Waals surface area contributed by atoms with Gasteiger partial charge in [0.05, 0.1) is 11.6 Å². The molecule has 3 nitrogen and oxygen atoms in total. The van der Waals surface area contributed by atoms with E-state index in [0.29, 0.717) is 16.9 Å². The lowest BCUT2D eigenvalue weighted by Crippen LogP contribution is -2.00. The highest BCUT2D eigenvalue weighted by Gasteiger charge is 2.07. The molecule has 0 aromatic heterocycles. The third-order valence-corrected chi connectivity index (χ3v) is 4.14. The highest BCUT2D eigenvalue weighted by atomic mass is 19.2. The minimum Gasteiger partial charge on any atom is -0.489 e. The van der Waals surface area contributed by atoms with Crippen molar-refractivity contribution in [2.24, 2.45) is 0 Å². The Morgan fingerprint density at radius 1 is 0.963 bits per heavy atom. The number of hydrogen-bond acceptors (Lipinski definition) is 3. The molecule has 0 unspecified atom stereocenters. The van der Waals surface area contributed by atoms with E-state index >= 15 is 0 Å². The fraction of sp³-hybridized carbons (Fsp3) is 0.136. The number of anilines is 2. The Kier molecular flexibility index (Phi) is 5.68. The Morgan fingerprint density at radius 2 is 1.74 bits per heavy atom. The van der Waals surface area contributed by atoms with Crippen molar-refractivity contribution in [2.45, 2.75) is 20.0 Å². The van der Waals surface area contributed by atoms with Gasteiger partial charge in [-0.15, -0.1) is 0 Å². The summed E-state index contributed by atoms with van der Waals surface area (Å²) in [4.78, 5) is 0. The lowest BCUT2D eigenvalue weighted by Gasteiger charge is -2.14. The van der Waals surface area contributed by atoms with Gasteiger partial charge in [-0.25, -0.2) is 8.78 Å². The molecule has 3 aromatic carbocycles. The first-order chi connectivity index (χ1) is 13.1. The van der Waals surface area contributed by atoms with Gasteiger partial charge in [0.2, 0.25) is 0 Å². The first kappa shape index (κ1) is 18.4. The largest absolute Gasteiger partial charge is 0.489 e. The smallest absolute Gasteiger partial charge is 0.159 e. The molecule has 0 fully saturated rings. The van der Waals surface area contributed by atoms with Gasteiger partial charge in [-0.1, -0.05) is 19.1 Å². The van der Waals surface area contributed by atoms with Crippen LogP contribution in [0, 0.1) is 23.0 Å². The Bertz CT molecular complexity index is 979. The van der Waals surface area contributed by atoms with E-state index in [1.54, 1.807) is 12.1 Å². The summed E-state index contributed by atoms with van der Waals surface area (Å²) >= 11 is 0. The minimum atomic E-state index is -0.888. The van der Waals surface area contributed by atoms with E-state index in [4.69, 9.17) is 10.00 Å². The van der Waals surface area contributed by atoms with E-state index in [-0.39, 0.29) is 6.61 Å². The SMILES string of the molecule is CCc1ccc(OCc2ccc(F)c(F)c2)cc1Nc1ccc(C#N)cc1. The van der Waals surface area contributed by atoms with Crippen molar-refractivity contribution in [3.63, 3.8) is 0 Å². The molecular weight excluding hydrogens is 346 g/mol. The number of nitrogens with zero attached hydrogens (tertiary/aromatic N) is 1. The molecule has 5 heteroatoms. The van der Waals surface area contributed by atoms with Gasteiger partial charge >= 0.3 is 0 Å². The molecule has 3 aromatic rings. The Morgan fingerprint density at radius 3 is 2.41 bits per heavy atom. The normalized spacial score (nSPS) is 10.3. The van der Waals surface area contributed by atoms with Crippen LogP contribution in [-0.2, 0) is 13.0 Å². The molecule has 0 aliphatic rings. The van der Waals surface area contributed by atoms with Crippen LogP contribution in [0.1, 0.15) is 23.6 Å². The predicted octanol–water partition coefficient (Wildman–Crippen LogP) is 5.72. The molecule has 0 aliphatic carbocycles. The number of nitriles is 1. The molecule has 0 atom stereocenters. The topological polar surface area (TPSA) is 45.0 Å². The number of benzene rings is 3. The van der Waals surface area contributed by atoms with Crippen LogP contribution < -0.4 is 10.1 Å². The summed E-state index contributed by atoms with van der Waals surface area (Å²) < 4.78 is 32.0. The summed E-state index contributed by atoms with van der Waals surface area (Å²) in [5.41, 5.74) is 4.01. The molecule has 0 aliphatic heterocycles. The van der Waals surface area contributed by atoms with E-state index in [0.717, 1.165) is 35.5 Å². The van der Waals surface area contributed by atoms with Crippen LogP contribution in [0.25, 0.3) is 0 Å². The van der Waals surface area contributed by atoms with Gasteiger partial charge in [0.15, 0.2) is 11.6 Å². The van der Waals surface area contributed by atoms with Gasteiger partial charge in [0, 0.05) is 17.4 Å². The number of rotatable bonds is 6. The molecule has 0 radical (unpaired) electrons. The molecule has 1 N–H and O–H groups in total. The average molecular weight is 364 g/mol. The highest BCUT2D eigenvalue weighted by molar-refractivity contribution is 5.65. The second kappa shape index (κ2) is 8.33. The number of ether oxygens (including phenoxy) is 1. The van der Waals surface area contributed by atoms with Crippen molar-refractivity contribution in [1.29, 1.82) is 5.26 Å². The van der Waals surface area contributed by atoms with Gasteiger partial charge in [-0.3, -0.25) is 0 Å². The maximum Gasteiger partial charge on any atom is 0.159 e. The first-order valence-electron chi connectivity index (χ1n) is 8.56. The number of hydrogen-bond donors (Lipinski definition) is 1. The summed E-state index contributed by atoms with van der Waals surface area (Å²) in [6, 6.07) is 18.7. The maximum atomic E-state index is 13.3. The van der Waals surface area contributed by atoms with Crippen LogP contribution in [0.5, 0.6) is 5.75 Å². The molecular formula is C22H18F2N2O. The van der Waals surface area contributed by atoms with Crippen LogP contribution in [-0.4, -0.2) is 0 Å². The summed E-state index contributed by atoms with van der Waals surface area (Å²) in [6.45, 7) is 2.19. The minimum absolute atomic E-state index is 0.138. The standard InChI is InChI=1S/C22H18F2N2O/c1-2-17-6-9-19(27-14-16-5-10-20(23)21(24)11-16)12-22(17)26-18-7-3-15(13-25)4-8-18/h3-12,26H,2,14H2,1H3. The predicted molar refractivity (Wildman–Crippen MR) is 101 cm³/mol. The van der Waals surface area contributed by atoms with Crippen LogP contribution in [0.3, 0.4) is 0 Å². The molecule has 136 valence electrons. The third kappa shape index (κ3) is 4.62. The fourth-order valence-corrected chi connectivity index (χ4v) is 2.65. The summed E-state index contributed by atoms with van der Waals surface area (Å²) in [7, 11) is 0. The second-order valence-electron chi connectivity index (χ2n) is 6.02. The van der Waals surface area contributed by atoms with E-state index < -0.39 is 11.6 Å². The monoisotopic (exact) mass is 364 g/mol. The van der Waals surface area contributed by atoms with E-state index in [1.165, 1.54) is 6.07 Å². The lowest BCUT2D eigenvalue weighted by molar-refractivity contribution is 0.305. The van der Waals surface area contributed by atoms with Gasteiger partial charge in [-0.2, -0.15) is 5.26 Å². The van der Waals surface area contributed by atoms with Crippen LogP contribution in [0.15, 0.2) is 60.7 Å². The van der Waals surface area contributed by atoms with Crippen LogP contribution in [0.2, 0.25) is 0 Å². The number of aryl methyl sites for hydroxylation is 1. The fourth-order valence-electron chi connectivity index (χ4n) is 2.65. The quantitative estimate of drug-likeness (QED) is 0.608. The highest BCUT2D eigenvalue weighted by Crippen LogP contribution is 2.27. The molecule has 0 amide bonds. The molecule has 0 saturated heterocycles. The number of halogens is 2. The Labute approximate surface area is 156 Å². The van der Waals surface area contributed by atoms with Gasteiger partial charge in [-0.05, 0) is 60.0 Å². The maximum absolute atomic E-state index is 13.3. The van der Waals surface area contributed by atoms with Crippen molar-refractivity contribution < 1.29 is 13.5 Å². The van der Waals surface area contributed by atoms with E-state index in [2.05, 4.69) is 18.3 Å². The zero-order chi connectivity index (χ0) is 19.2. The van der Waals surface area contributed by atoms with Crippen molar-refractivity contribution in [3.8, 4) is 11.8 Å². The van der Waals surface area contributed by atoms with Crippen molar-refractivity contribution in [3.05, 3.63) is 89.0 Å². The number of nitrogens with one attached hydrogen (secondary N) is 1. The first-order valence-corrected chi connectivity index (χ1v) is 8.56. The Balaban J connectivity index is 1.75. The zero-order valence-electron chi connectivity index (χ0n) is 14.8. The lowest BCUT2D eigenvalue weighted by atomic mass is 10.1. The van der Waals surface area contributed by atoms with Crippen LogP contribution in [0.4, 0.5) is 20.2 Å². The van der Waals surface area contributed by atoms with Gasteiger partial charge in [0.1, 0.15) is 12.4 Å². The van der Waals surface area contributed by atoms with Gasteiger partial charge in [0.25, 0.3) is 0 Å². The average Bonchev–Trinajstić information content (AvgIpc) is 2.69. The molecule has 27 heavy (non-hydrogen) atoms. The van der Waals surface area contributed by atoms with Crippen molar-refractivity contribution in [2.75, 3.05) is 5.32 Å². The van der Waals surface area contributed by atoms with Gasteiger partial charge < -0.3 is 10.1 Å². The van der Waals surface area contributed by atoms with E-state index in [9.17, 15) is 8.78 Å². The molecule has 0 saturated carbocycles. The van der Waals surface area contributed by atoms with Crippen LogP contribution >= 0.6 is 0 Å². The molecule has 3 rings (SSSR count). The molecule has 0 bridgehead atoms. The van der Waals surface area contributed by atoms with Crippen molar-refractivity contribution >= 4 is 11.4 Å². The molecule has 0 spiro atoms. The van der Waals surface area contributed by atoms with E-state index in [1.807, 2.05) is 30.3 Å².